The molecule has 1 amide bonds. The van der Waals surface area contributed by atoms with E-state index in [1.165, 1.54) is 0 Å². The number of β-amino-alcohol motifs (C(OH)–C–C–N with tert-alkyl or cyclic N) is 1. The van der Waals surface area contributed by atoms with E-state index in [1.807, 2.05) is 6.92 Å². The van der Waals surface area contributed by atoms with Crippen molar-refractivity contribution in [1.29, 1.82) is 0 Å². The molecule has 0 aromatic heterocycles. The number of benzene rings is 1. The molecule has 1 N–H and O–H groups in total. The van der Waals surface area contributed by atoms with Gasteiger partial charge in [-0.2, -0.15) is 0 Å². The van der Waals surface area contributed by atoms with Gasteiger partial charge in [-0.1, -0.05) is 11.6 Å². The van der Waals surface area contributed by atoms with Crippen LogP contribution in [-0.2, 0) is 0 Å². The van der Waals surface area contributed by atoms with Gasteiger partial charge >= 0.3 is 0 Å². The van der Waals surface area contributed by atoms with Gasteiger partial charge in [0.1, 0.15) is 5.60 Å². The summed E-state index contributed by atoms with van der Waals surface area (Å²) >= 11 is 5.88. The van der Waals surface area contributed by atoms with Crippen molar-refractivity contribution in [1.82, 2.24) is 4.90 Å². The first-order valence-corrected chi connectivity index (χ1v) is 6.65. The highest BCUT2D eigenvalue weighted by molar-refractivity contribution is 6.30. The number of hydrogen-bond donors (Lipinski definition) is 1. The Morgan fingerprint density at radius 3 is 2.67 bits per heavy atom. The third-order valence-electron chi connectivity index (χ3n) is 3.97. The predicted molar refractivity (Wildman–Crippen MR) is 69.8 cm³/mol. The molecule has 1 saturated carbocycles. The van der Waals surface area contributed by atoms with Crippen molar-refractivity contribution < 1.29 is 9.90 Å². The van der Waals surface area contributed by atoms with Gasteiger partial charge in [-0.15, -0.1) is 0 Å². The molecule has 0 atom stereocenters. The molecular weight excluding hydrogens is 250 g/mol. The minimum atomic E-state index is -0.615. The van der Waals surface area contributed by atoms with Crippen LogP contribution >= 0.6 is 11.6 Å². The monoisotopic (exact) mass is 265 g/mol. The second kappa shape index (κ2) is 3.97. The van der Waals surface area contributed by atoms with Crippen molar-refractivity contribution in [2.75, 3.05) is 13.1 Å². The Morgan fingerprint density at radius 2 is 2.11 bits per heavy atom. The number of carbonyl (C=O) groups excluding carboxylic acids is 1. The second-order valence-corrected chi connectivity index (χ2v) is 5.93. The lowest BCUT2D eigenvalue weighted by Gasteiger charge is -2.47. The number of halogens is 1. The van der Waals surface area contributed by atoms with Crippen LogP contribution in [0.5, 0.6) is 0 Å². The summed E-state index contributed by atoms with van der Waals surface area (Å²) in [7, 11) is 0. The number of aliphatic hydroxyl groups is 1. The number of rotatable bonds is 2. The average Bonchev–Trinajstić information content (AvgIpc) is 3.08. The number of aryl methyl sites for hydroxylation is 1. The number of likely N-dealkylation sites (tertiary alicyclic amines) is 1. The van der Waals surface area contributed by atoms with Gasteiger partial charge in [0, 0.05) is 10.6 Å². The average molecular weight is 266 g/mol. The molecular formula is C14H16ClNO2. The lowest BCUT2D eigenvalue weighted by molar-refractivity contribution is -0.0958. The minimum absolute atomic E-state index is 0.00510. The summed E-state index contributed by atoms with van der Waals surface area (Å²) < 4.78 is 0. The van der Waals surface area contributed by atoms with Gasteiger partial charge in [-0.25, -0.2) is 0 Å². The van der Waals surface area contributed by atoms with Crippen molar-refractivity contribution in [3.05, 3.63) is 34.3 Å². The first-order valence-electron chi connectivity index (χ1n) is 6.27. The molecule has 1 aliphatic carbocycles. The summed E-state index contributed by atoms with van der Waals surface area (Å²) in [5, 5.41) is 10.9. The van der Waals surface area contributed by atoms with Crippen molar-refractivity contribution in [2.45, 2.75) is 25.4 Å². The van der Waals surface area contributed by atoms with Gasteiger partial charge in [0.2, 0.25) is 0 Å². The molecule has 3 rings (SSSR count). The van der Waals surface area contributed by atoms with Gasteiger partial charge in [-0.05, 0) is 49.4 Å². The Balaban J connectivity index is 1.72. The molecule has 96 valence electrons. The molecule has 0 bridgehead atoms. The number of nitrogens with zero attached hydrogens (tertiary/aromatic N) is 1. The van der Waals surface area contributed by atoms with Crippen molar-refractivity contribution in [3.8, 4) is 0 Å². The lowest BCUT2D eigenvalue weighted by atomic mass is 9.88. The van der Waals surface area contributed by atoms with E-state index in [2.05, 4.69) is 0 Å². The van der Waals surface area contributed by atoms with Crippen LogP contribution in [0, 0.1) is 12.8 Å². The zero-order valence-corrected chi connectivity index (χ0v) is 11.1. The Kier molecular flexibility index (Phi) is 2.65. The summed E-state index contributed by atoms with van der Waals surface area (Å²) in [6.45, 7) is 2.82. The fraction of sp³-hybridized carbons (Fsp3) is 0.500. The molecule has 1 aliphatic heterocycles. The molecule has 1 saturated heterocycles. The molecule has 0 spiro atoms. The molecule has 4 heteroatoms. The highest BCUT2D eigenvalue weighted by Gasteiger charge is 2.53. The van der Waals surface area contributed by atoms with Crippen LogP contribution < -0.4 is 0 Å². The van der Waals surface area contributed by atoms with Gasteiger partial charge < -0.3 is 10.0 Å². The summed E-state index contributed by atoms with van der Waals surface area (Å²) in [4.78, 5) is 14.0. The van der Waals surface area contributed by atoms with E-state index in [0.717, 1.165) is 18.4 Å². The van der Waals surface area contributed by atoms with Crippen LogP contribution in [0.25, 0.3) is 0 Å². The highest BCUT2D eigenvalue weighted by atomic mass is 35.5. The normalized spacial score (nSPS) is 21.6. The second-order valence-electron chi connectivity index (χ2n) is 5.50. The molecule has 0 unspecified atom stereocenters. The molecule has 18 heavy (non-hydrogen) atoms. The van der Waals surface area contributed by atoms with E-state index >= 15 is 0 Å². The van der Waals surface area contributed by atoms with E-state index in [-0.39, 0.29) is 5.91 Å². The number of hydrogen-bond acceptors (Lipinski definition) is 2. The smallest absolute Gasteiger partial charge is 0.254 e. The predicted octanol–water partition coefficient (Wildman–Crippen LogP) is 2.25. The van der Waals surface area contributed by atoms with Crippen molar-refractivity contribution >= 4 is 17.5 Å². The summed E-state index contributed by atoms with van der Waals surface area (Å²) in [5.74, 6) is 0.405. The largest absolute Gasteiger partial charge is 0.386 e. The zero-order chi connectivity index (χ0) is 12.9. The summed E-state index contributed by atoms with van der Waals surface area (Å²) in [6, 6.07) is 5.28. The fourth-order valence-corrected chi connectivity index (χ4v) is 2.90. The first-order chi connectivity index (χ1) is 8.49. The Morgan fingerprint density at radius 1 is 1.44 bits per heavy atom. The molecule has 2 fully saturated rings. The molecule has 1 aromatic carbocycles. The number of amides is 1. The van der Waals surface area contributed by atoms with Crippen LogP contribution in [-0.4, -0.2) is 34.6 Å². The molecule has 0 radical (unpaired) electrons. The maximum absolute atomic E-state index is 12.3. The quantitative estimate of drug-likeness (QED) is 0.891. The third-order valence-corrected chi connectivity index (χ3v) is 4.21. The van der Waals surface area contributed by atoms with Crippen molar-refractivity contribution in [3.63, 3.8) is 0 Å². The zero-order valence-electron chi connectivity index (χ0n) is 10.3. The Labute approximate surface area is 111 Å². The first kappa shape index (κ1) is 12.0. The maximum atomic E-state index is 12.3. The van der Waals surface area contributed by atoms with Crippen LogP contribution in [0.4, 0.5) is 0 Å². The molecule has 1 aromatic rings. The van der Waals surface area contributed by atoms with Gasteiger partial charge in [0.25, 0.3) is 5.91 Å². The van der Waals surface area contributed by atoms with Crippen LogP contribution in [0.15, 0.2) is 18.2 Å². The van der Waals surface area contributed by atoms with Gasteiger partial charge in [0.05, 0.1) is 13.1 Å². The van der Waals surface area contributed by atoms with Crippen LogP contribution in [0.1, 0.15) is 28.8 Å². The Hall–Kier alpha value is -1.06. The third kappa shape index (κ3) is 1.91. The SMILES string of the molecule is Cc1cc(Cl)ccc1C(=O)N1CC(O)(C2CC2)C1. The minimum Gasteiger partial charge on any atom is -0.386 e. The standard InChI is InChI=1S/C14H16ClNO2/c1-9-6-11(15)4-5-12(9)13(17)16-7-14(18,8-16)10-2-3-10/h4-6,10,18H,2-3,7-8H2,1H3. The van der Waals surface area contributed by atoms with E-state index in [0.29, 0.717) is 29.6 Å². The molecule has 3 nitrogen and oxygen atoms in total. The van der Waals surface area contributed by atoms with Crippen LogP contribution in [0.3, 0.4) is 0 Å². The summed E-state index contributed by atoms with van der Waals surface area (Å²) in [5.41, 5.74) is 0.947. The molecule has 1 heterocycles. The maximum Gasteiger partial charge on any atom is 0.254 e. The molecule has 2 aliphatic rings. The Bertz CT molecular complexity index is 505. The topological polar surface area (TPSA) is 40.5 Å². The van der Waals surface area contributed by atoms with E-state index in [4.69, 9.17) is 11.6 Å². The van der Waals surface area contributed by atoms with Crippen LogP contribution in [0.2, 0.25) is 5.02 Å². The van der Waals surface area contributed by atoms with Crippen molar-refractivity contribution in [2.24, 2.45) is 5.92 Å². The van der Waals surface area contributed by atoms with E-state index in [9.17, 15) is 9.90 Å². The number of carbonyl (C=O) groups is 1. The lowest BCUT2D eigenvalue weighted by Crippen LogP contribution is -2.64. The van der Waals surface area contributed by atoms with Gasteiger partial charge in [0.15, 0.2) is 0 Å². The van der Waals surface area contributed by atoms with E-state index in [1.54, 1.807) is 23.1 Å². The fourth-order valence-electron chi connectivity index (χ4n) is 2.67. The summed E-state index contributed by atoms with van der Waals surface area (Å²) in [6.07, 6.45) is 2.19. The highest BCUT2D eigenvalue weighted by Crippen LogP contribution is 2.44. The van der Waals surface area contributed by atoms with Gasteiger partial charge in [-0.3, -0.25) is 4.79 Å². The van der Waals surface area contributed by atoms with E-state index < -0.39 is 5.60 Å².